The third-order valence-electron chi connectivity index (χ3n) is 6.89. The van der Waals surface area contributed by atoms with Crippen LogP contribution in [0.15, 0.2) is 0 Å². The van der Waals surface area contributed by atoms with Crippen LogP contribution < -0.4 is 16.0 Å². The van der Waals surface area contributed by atoms with Crippen LogP contribution in [0.3, 0.4) is 0 Å². The number of aliphatic hydroxyl groups excluding tert-OH is 5. The van der Waals surface area contributed by atoms with Crippen molar-refractivity contribution in [3.05, 3.63) is 0 Å². The van der Waals surface area contributed by atoms with Crippen molar-refractivity contribution in [2.24, 2.45) is 0 Å². The Morgan fingerprint density at radius 1 is 0.568 bits per heavy atom. The van der Waals surface area contributed by atoms with Gasteiger partial charge in [-0.2, -0.15) is 0 Å². The van der Waals surface area contributed by atoms with Crippen molar-refractivity contribution in [1.29, 1.82) is 0 Å². The molecule has 0 bridgehead atoms. The van der Waals surface area contributed by atoms with Crippen LogP contribution in [-0.4, -0.2) is 137 Å². The SMILES string of the molecule is C[C@H]1O[C@H](O[C@@H]2[C@@H](O[C@@H]3C(O)O[C@H](C)[C@@H](NC=O)[C@@H]3O)O[C@H](C)[C@@H](NC=O)[C@@H]2O)[C@@H](O)[C@@H](O)[C@@H]1NC=O. The molecule has 3 fully saturated rings. The number of hydrogen-bond donors (Lipinski definition) is 8. The first-order valence-corrected chi connectivity index (χ1v) is 11.8. The van der Waals surface area contributed by atoms with Gasteiger partial charge >= 0.3 is 0 Å². The molecule has 3 rings (SSSR count). The third-order valence-corrected chi connectivity index (χ3v) is 6.89. The van der Waals surface area contributed by atoms with E-state index in [0.717, 1.165) is 0 Å². The summed E-state index contributed by atoms with van der Waals surface area (Å²) in [6, 6.07) is -2.91. The Labute approximate surface area is 212 Å². The molecule has 16 heteroatoms. The number of ether oxygens (including phenoxy) is 5. The molecule has 212 valence electrons. The summed E-state index contributed by atoms with van der Waals surface area (Å²) in [5, 5.41) is 60.4. The topological polar surface area (TPSA) is 235 Å². The molecule has 0 radical (unpaired) electrons. The minimum Gasteiger partial charge on any atom is -0.388 e. The zero-order valence-corrected chi connectivity index (χ0v) is 20.4. The lowest BCUT2D eigenvalue weighted by atomic mass is 9.94. The molecule has 3 aliphatic heterocycles. The van der Waals surface area contributed by atoms with Gasteiger partial charge in [-0.25, -0.2) is 0 Å². The highest BCUT2D eigenvalue weighted by Gasteiger charge is 2.53. The standard InChI is InChI=1S/C21H35N3O13/c1-7-11(23-5-26)14(29)17(19(32)33-7)36-21-18(15(30)12(24-6-27)9(3)35-21)37-20-16(31)13(28)10(22-4-25)8(2)34-20/h4-21,28-32H,1-3H3,(H,22,25)(H,23,26)(H,24,27)/t7-,8-,9-,10-,11-,12-,13+,14+,15+,16+,17+,18+,19?,20-,21-/m1/s1. The van der Waals surface area contributed by atoms with Gasteiger partial charge in [0.2, 0.25) is 19.2 Å². The zero-order chi connectivity index (χ0) is 27.4. The number of amides is 3. The minimum absolute atomic E-state index is 0.345. The van der Waals surface area contributed by atoms with Crippen LogP contribution in [0.5, 0.6) is 0 Å². The summed E-state index contributed by atoms with van der Waals surface area (Å²) in [6.45, 7) is 4.56. The van der Waals surface area contributed by atoms with Gasteiger partial charge in [-0.1, -0.05) is 0 Å². The second kappa shape index (κ2) is 12.7. The summed E-state index contributed by atoms with van der Waals surface area (Å²) in [5.74, 6) is 0. The smallest absolute Gasteiger partial charge is 0.207 e. The number of hydrogen-bond acceptors (Lipinski definition) is 13. The normalized spacial score (nSPS) is 48.5. The van der Waals surface area contributed by atoms with Gasteiger partial charge in [0.15, 0.2) is 18.9 Å². The van der Waals surface area contributed by atoms with E-state index in [4.69, 9.17) is 23.7 Å². The monoisotopic (exact) mass is 537 g/mol. The molecule has 0 saturated carbocycles. The highest BCUT2D eigenvalue weighted by Crippen LogP contribution is 2.32. The van der Waals surface area contributed by atoms with Gasteiger partial charge in [0.25, 0.3) is 0 Å². The van der Waals surface area contributed by atoms with E-state index in [1.165, 1.54) is 20.8 Å². The Morgan fingerprint density at radius 2 is 0.973 bits per heavy atom. The highest BCUT2D eigenvalue weighted by atomic mass is 16.8. The third kappa shape index (κ3) is 6.19. The van der Waals surface area contributed by atoms with Crippen LogP contribution in [0.2, 0.25) is 0 Å². The van der Waals surface area contributed by atoms with Crippen molar-refractivity contribution in [1.82, 2.24) is 16.0 Å². The summed E-state index contributed by atoms with van der Waals surface area (Å²) in [6.07, 6.45) is -15.3. The molecular weight excluding hydrogens is 502 g/mol. The zero-order valence-electron chi connectivity index (χ0n) is 20.4. The molecule has 3 heterocycles. The highest BCUT2D eigenvalue weighted by molar-refractivity contribution is 5.48. The molecule has 1 unspecified atom stereocenters. The van der Waals surface area contributed by atoms with Crippen molar-refractivity contribution < 1.29 is 63.6 Å². The van der Waals surface area contributed by atoms with E-state index in [1.54, 1.807) is 0 Å². The van der Waals surface area contributed by atoms with Crippen molar-refractivity contribution in [2.75, 3.05) is 0 Å². The molecule has 16 nitrogen and oxygen atoms in total. The van der Waals surface area contributed by atoms with Crippen LogP contribution in [0.4, 0.5) is 0 Å². The average Bonchev–Trinajstić information content (AvgIpc) is 2.85. The van der Waals surface area contributed by atoms with Gasteiger partial charge in [-0.05, 0) is 20.8 Å². The van der Waals surface area contributed by atoms with Crippen LogP contribution in [-0.2, 0) is 38.1 Å². The maximum absolute atomic E-state index is 11.1. The maximum Gasteiger partial charge on any atom is 0.207 e. The molecular formula is C21H35N3O13. The summed E-state index contributed by atoms with van der Waals surface area (Å²) in [5.41, 5.74) is 0. The minimum atomic E-state index is -1.69. The Kier molecular flexibility index (Phi) is 10.2. The van der Waals surface area contributed by atoms with Crippen molar-refractivity contribution in [3.8, 4) is 0 Å². The molecule has 3 amide bonds. The first-order chi connectivity index (χ1) is 17.5. The van der Waals surface area contributed by atoms with E-state index in [9.17, 15) is 39.9 Å². The molecule has 0 aromatic carbocycles. The second-order valence-electron chi connectivity index (χ2n) is 9.25. The molecule has 37 heavy (non-hydrogen) atoms. The van der Waals surface area contributed by atoms with E-state index < -0.39 is 91.9 Å². The van der Waals surface area contributed by atoms with E-state index in [1.807, 2.05) is 0 Å². The predicted molar refractivity (Wildman–Crippen MR) is 118 cm³/mol. The van der Waals surface area contributed by atoms with Gasteiger partial charge in [0, 0.05) is 0 Å². The lowest BCUT2D eigenvalue weighted by molar-refractivity contribution is -0.371. The fourth-order valence-electron chi connectivity index (χ4n) is 4.84. The van der Waals surface area contributed by atoms with Gasteiger partial charge in [-0.3, -0.25) is 14.4 Å². The average molecular weight is 538 g/mol. The Morgan fingerprint density at radius 3 is 1.49 bits per heavy atom. The summed E-state index contributed by atoms with van der Waals surface area (Å²) in [7, 11) is 0. The Balaban J connectivity index is 1.84. The van der Waals surface area contributed by atoms with Gasteiger partial charge in [-0.15, -0.1) is 0 Å². The van der Waals surface area contributed by atoms with Crippen LogP contribution in [0, 0.1) is 0 Å². The van der Waals surface area contributed by atoms with Crippen LogP contribution in [0.1, 0.15) is 20.8 Å². The van der Waals surface area contributed by atoms with Gasteiger partial charge in [0.05, 0.1) is 36.4 Å². The Hall–Kier alpha value is -1.99. The molecule has 0 aromatic rings. The number of nitrogens with one attached hydrogen (secondary N) is 3. The van der Waals surface area contributed by atoms with E-state index in [0.29, 0.717) is 19.2 Å². The molecule has 0 aliphatic carbocycles. The molecule has 8 N–H and O–H groups in total. The van der Waals surface area contributed by atoms with E-state index >= 15 is 0 Å². The maximum atomic E-state index is 11.1. The number of carbonyl (C=O) groups excluding carboxylic acids is 3. The number of carbonyl (C=O) groups is 3. The summed E-state index contributed by atoms with van der Waals surface area (Å²) >= 11 is 0. The number of aliphatic hydroxyl groups is 5. The van der Waals surface area contributed by atoms with Crippen molar-refractivity contribution in [2.45, 2.75) is 113 Å². The Bertz CT molecular complexity index is 780. The van der Waals surface area contributed by atoms with E-state index in [-0.39, 0.29) is 0 Å². The molecule has 15 atom stereocenters. The van der Waals surface area contributed by atoms with Crippen LogP contribution in [0.25, 0.3) is 0 Å². The predicted octanol–water partition coefficient (Wildman–Crippen LogP) is -5.23. The molecule has 0 aromatic heterocycles. The second-order valence-corrected chi connectivity index (χ2v) is 9.25. The van der Waals surface area contributed by atoms with Crippen molar-refractivity contribution >= 4 is 19.2 Å². The number of rotatable bonds is 10. The molecule has 0 spiro atoms. The summed E-state index contributed by atoms with van der Waals surface area (Å²) in [4.78, 5) is 32.9. The summed E-state index contributed by atoms with van der Waals surface area (Å²) < 4.78 is 28.3. The lowest BCUT2D eigenvalue weighted by Crippen LogP contribution is -2.68. The largest absolute Gasteiger partial charge is 0.388 e. The van der Waals surface area contributed by atoms with Gasteiger partial charge in [0.1, 0.15) is 36.6 Å². The fourth-order valence-corrected chi connectivity index (χ4v) is 4.84. The first kappa shape index (κ1) is 29.6. The first-order valence-electron chi connectivity index (χ1n) is 11.8. The van der Waals surface area contributed by atoms with E-state index in [2.05, 4.69) is 16.0 Å². The fraction of sp³-hybridized carbons (Fsp3) is 0.857. The molecule has 3 aliphatic rings. The van der Waals surface area contributed by atoms with Crippen molar-refractivity contribution in [3.63, 3.8) is 0 Å². The van der Waals surface area contributed by atoms with Gasteiger partial charge < -0.3 is 65.2 Å². The van der Waals surface area contributed by atoms with Crippen LogP contribution >= 0.6 is 0 Å². The quantitative estimate of drug-likeness (QED) is 0.122. The molecule has 3 saturated heterocycles. The lowest BCUT2D eigenvalue weighted by Gasteiger charge is -2.49.